The summed E-state index contributed by atoms with van der Waals surface area (Å²) < 4.78 is 0. The zero-order chi connectivity index (χ0) is 12.0. The Bertz CT molecular complexity index is 311. The van der Waals surface area contributed by atoms with E-state index in [1.807, 2.05) is 0 Å². The molecule has 1 amide bonds. The highest BCUT2D eigenvalue weighted by molar-refractivity contribution is 5.86. The fourth-order valence-corrected chi connectivity index (χ4v) is 3.30. The molecule has 1 aliphatic heterocycles. The minimum absolute atomic E-state index is 0.139. The maximum Gasteiger partial charge on any atom is 0.238 e. The van der Waals surface area contributed by atoms with E-state index in [0.29, 0.717) is 12.1 Å². The van der Waals surface area contributed by atoms with Gasteiger partial charge in [-0.25, -0.2) is 0 Å². The molecule has 1 heterocycles. The second kappa shape index (κ2) is 4.27. The van der Waals surface area contributed by atoms with Crippen LogP contribution in [0.5, 0.6) is 0 Å². The Morgan fingerprint density at radius 1 is 1.24 bits per heavy atom. The van der Waals surface area contributed by atoms with Crippen LogP contribution in [0.25, 0.3) is 0 Å². The van der Waals surface area contributed by atoms with Crippen molar-refractivity contribution in [2.75, 3.05) is 0 Å². The van der Waals surface area contributed by atoms with Crippen LogP contribution < -0.4 is 10.6 Å². The Kier molecular flexibility index (Phi) is 2.89. The lowest BCUT2D eigenvalue weighted by Gasteiger charge is -2.15. The van der Waals surface area contributed by atoms with Gasteiger partial charge in [-0.15, -0.1) is 0 Å². The first-order valence-electron chi connectivity index (χ1n) is 7.21. The van der Waals surface area contributed by atoms with Crippen LogP contribution in [-0.4, -0.2) is 24.0 Å². The van der Waals surface area contributed by atoms with E-state index < -0.39 is 0 Å². The fourth-order valence-electron chi connectivity index (χ4n) is 3.30. The quantitative estimate of drug-likeness (QED) is 0.730. The molecule has 96 valence electrons. The molecule has 2 aliphatic carbocycles. The smallest absolute Gasteiger partial charge is 0.238 e. The van der Waals surface area contributed by atoms with Crippen molar-refractivity contribution < 1.29 is 4.79 Å². The molecular formula is C14H24N2O. The molecular weight excluding hydrogens is 212 g/mol. The SMILES string of the molecule is CC(C)C1CCC(NC(=O)C2NC2C2CC2)C1. The summed E-state index contributed by atoms with van der Waals surface area (Å²) in [6.07, 6.45) is 6.28. The van der Waals surface area contributed by atoms with Crippen molar-refractivity contribution >= 4 is 5.91 Å². The van der Waals surface area contributed by atoms with E-state index in [0.717, 1.165) is 17.8 Å². The van der Waals surface area contributed by atoms with Crippen LogP contribution in [0.2, 0.25) is 0 Å². The first-order valence-corrected chi connectivity index (χ1v) is 7.21. The Morgan fingerprint density at radius 3 is 2.59 bits per heavy atom. The summed E-state index contributed by atoms with van der Waals surface area (Å²) in [6, 6.07) is 1.09. The predicted octanol–water partition coefficient (Wildman–Crippen LogP) is 1.68. The van der Waals surface area contributed by atoms with Gasteiger partial charge in [0.05, 0.1) is 0 Å². The highest BCUT2D eigenvalue weighted by Crippen LogP contribution is 2.40. The topological polar surface area (TPSA) is 51.0 Å². The van der Waals surface area contributed by atoms with Gasteiger partial charge in [-0.05, 0) is 49.9 Å². The highest BCUT2D eigenvalue weighted by Gasteiger charge is 2.51. The van der Waals surface area contributed by atoms with Gasteiger partial charge in [0.1, 0.15) is 6.04 Å². The third-order valence-electron chi connectivity index (χ3n) is 4.80. The molecule has 4 atom stereocenters. The Hall–Kier alpha value is -0.570. The van der Waals surface area contributed by atoms with Crippen LogP contribution in [0.4, 0.5) is 0 Å². The first kappa shape index (κ1) is 11.5. The number of rotatable bonds is 4. The summed E-state index contributed by atoms with van der Waals surface area (Å²) in [5.41, 5.74) is 0. The van der Waals surface area contributed by atoms with Gasteiger partial charge in [0.2, 0.25) is 5.91 Å². The summed E-state index contributed by atoms with van der Waals surface area (Å²) >= 11 is 0. The Balaban J connectivity index is 1.43. The van der Waals surface area contributed by atoms with Crippen molar-refractivity contribution in [2.45, 2.75) is 64.1 Å². The van der Waals surface area contributed by atoms with Crippen molar-refractivity contribution in [3.63, 3.8) is 0 Å². The maximum atomic E-state index is 12.0. The molecule has 3 aliphatic rings. The first-order chi connectivity index (χ1) is 8.15. The molecule has 1 saturated heterocycles. The number of amides is 1. The minimum atomic E-state index is 0.139. The summed E-state index contributed by atoms with van der Waals surface area (Å²) in [4.78, 5) is 12.0. The molecule has 0 bridgehead atoms. The van der Waals surface area contributed by atoms with Gasteiger partial charge in [0.15, 0.2) is 0 Å². The summed E-state index contributed by atoms with van der Waals surface area (Å²) in [6.45, 7) is 4.58. The summed E-state index contributed by atoms with van der Waals surface area (Å²) in [5.74, 6) is 2.64. The van der Waals surface area contributed by atoms with Crippen LogP contribution in [0, 0.1) is 17.8 Å². The molecule has 0 aromatic carbocycles. The third-order valence-corrected chi connectivity index (χ3v) is 4.80. The molecule has 4 unspecified atom stereocenters. The molecule has 2 saturated carbocycles. The summed E-state index contributed by atoms with van der Waals surface area (Å²) in [7, 11) is 0. The van der Waals surface area contributed by atoms with Crippen LogP contribution >= 0.6 is 0 Å². The molecule has 3 rings (SSSR count). The number of hydrogen-bond acceptors (Lipinski definition) is 2. The van der Waals surface area contributed by atoms with Gasteiger partial charge in [0.25, 0.3) is 0 Å². The van der Waals surface area contributed by atoms with E-state index in [-0.39, 0.29) is 11.9 Å². The lowest BCUT2D eigenvalue weighted by Crippen LogP contribution is -2.37. The Morgan fingerprint density at radius 2 is 2.00 bits per heavy atom. The van der Waals surface area contributed by atoms with E-state index in [9.17, 15) is 4.79 Å². The third kappa shape index (κ3) is 2.49. The average molecular weight is 236 g/mol. The van der Waals surface area contributed by atoms with Gasteiger partial charge < -0.3 is 5.32 Å². The Labute approximate surface area is 104 Å². The minimum Gasteiger partial charge on any atom is -0.352 e. The van der Waals surface area contributed by atoms with E-state index in [1.54, 1.807) is 0 Å². The fraction of sp³-hybridized carbons (Fsp3) is 0.929. The zero-order valence-corrected chi connectivity index (χ0v) is 10.9. The van der Waals surface area contributed by atoms with E-state index >= 15 is 0 Å². The van der Waals surface area contributed by atoms with E-state index in [4.69, 9.17) is 0 Å². The van der Waals surface area contributed by atoms with Crippen molar-refractivity contribution in [3.05, 3.63) is 0 Å². The zero-order valence-electron chi connectivity index (χ0n) is 10.9. The van der Waals surface area contributed by atoms with Gasteiger partial charge in [-0.1, -0.05) is 13.8 Å². The van der Waals surface area contributed by atoms with Crippen molar-refractivity contribution in [3.8, 4) is 0 Å². The molecule has 3 nitrogen and oxygen atoms in total. The second-order valence-electron chi connectivity index (χ2n) is 6.53. The van der Waals surface area contributed by atoms with Crippen molar-refractivity contribution in [1.29, 1.82) is 0 Å². The van der Waals surface area contributed by atoms with Crippen molar-refractivity contribution in [2.24, 2.45) is 17.8 Å². The van der Waals surface area contributed by atoms with Gasteiger partial charge in [-0.2, -0.15) is 0 Å². The number of hydrogen-bond donors (Lipinski definition) is 2. The molecule has 0 radical (unpaired) electrons. The molecule has 2 N–H and O–H groups in total. The summed E-state index contributed by atoms with van der Waals surface area (Å²) in [5, 5.41) is 6.56. The lowest BCUT2D eigenvalue weighted by molar-refractivity contribution is -0.121. The standard InChI is InChI=1S/C14H24N2O/c1-8(2)10-5-6-11(7-10)15-14(17)13-12(16-13)9-3-4-9/h8-13,16H,3-7H2,1-2H3,(H,15,17). The molecule has 0 aromatic rings. The van der Waals surface area contributed by atoms with E-state index in [2.05, 4.69) is 24.5 Å². The normalized spacial score (nSPS) is 40.6. The van der Waals surface area contributed by atoms with Crippen molar-refractivity contribution in [1.82, 2.24) is 10.6 Å². The number of carbonyl (C=O) groups excluding carboxylic acids is 1. The maximum absolute atomic E-state index is 12.0. The largest absolute Gasteiger partial charge is 0.352 e. The van der Waals surface area contributed by atoms with Crippen LogP contribution in [0.15, 0.2) is 0 Å². The number of carbonyl (C=O) groups is 1. The number of nitrogens with one attached hydrogen (secondary N) is 2. The van der Waals surface area contributed by atoms with Gasteiger partial charge in [0, 0.05) is 12.1 Å². The van der Waals surface area contributed by atoms with E-state index in [1.165, 1.54) is 32.1 Å². The van der Waals surface area contributed by atoms with Crippen LogP contribution in [0.3, 0.4) is 0 Å². The second-order valence-corrected chi connectivity index (χ2v) is 6.53. The monoisotopic (exact) mass is 236 g/mol. The van der Waals surface area contributed by atoms with Crippen LogP contribution in [-0.2, 0) is 4.79 Å². The lowest BCUT2D eigenvalue weighted by atomic mass is 9.94. The molecule has 0 spiro atoms. The molecule has 0 aromatic heterocycles. The molecule has 3 heteroatoms. The van der Waals surface area contributed by atoms with Crippen LogP contribution in [0.1, 0.15) is 46.0 Å². The van der Waals surface area contributed by atoms with Gasteiger partial charge >= 0.3 is 0 Å². The molecule has 17 heavy (non-hydrogen) atoms. The average Bonchev–Trinajstić information content (AvgIpc) is 3.15. The predicted molar refractivity (Wildman–Crippen MR) is 67.5 cm³/mol. The van der Waals surface area contributed by atoms with Gasteiger partial charge in [-0.3, -0.25) is 10.1 Å². The highest BCUT2D eigenvalue weighted by atomic mass is 16.2. The molecule has 3 fully saturated rings.